The number of carbonyl (C=O) groups is 2. The zero-order valence-electron chi connectivity index (χ0n) is 43.7. The molecule has 79 heavy (non-hydrogen) atoms. The Hall–Kier alpha value is -8.39. The minimum absolute atomic E-state index is 0. The van der Waals surface area contributed by atoms with Gasteiger partial charge in [-0.3, -0.25) is 18.7 Å². The number of carbonyl (C=O) groups excluding carboxylic acids is 1. The highest BCUT2D eigenvalue weighted by atomic mass is 32.2. The van der Waals surface area contributed by atoms with Gasteiger partial charge in [0.25, 0.3) is 10.1 Å². The fourth-order valence-electron chi connectivity index (χ4n) is 7.98. The smallest absolute Gasteiger partial charge is 0.335 e. The highest BCUT2D eigenvalue weighted by Gasteiger charge is 2.22. The van der Waals surface area contributed by atoms with Gasteiger partial charge in [0.1, 0.15) is 11.4 Å². The molecule has 0 unspecified atom stereocenters. The molecular formula is C55H65F2N15O6S. The van der Waals surface area contributed by atoms with Gasteiger partial charge in [0.05, 0.1) is 82.8 Å². The van der Waals surface area contributed by atoms with Crippen molar-refractivity contribution in [3.63, 3.8) is 0 Å². The predicted molar refractivity (Wildman–Crippen MR) is 295 cm³/mol. The SMILES string of the molecule is C.CN1CCC(n2cc(Nc3ncc(F)c(-c4ccc(C(=O)O)cc4)n3)cn2)CC1.C[C@@H](N)C#N.C[C@H](C#N)CC(=O)c1ccc(-c2nc(Nc3cnn(C4CCN(C)CC4)c3)ncc2F)cc1.Cc1ccc(S(=O)(=O)O)cc1. The zero-order chi connectivity index (χ0) is 56.5. The van der Waals surface area contributed by atoms with Gasteiger partial charge >= 0.3 is 5.97 Å². The van der Waals surface area contributed by atoms with Gasteiger partial charge in [0.15, 0.2) is 17.4 Å². The number of piperidine rings is 2. The number of aryl methyl sites for hydroxylation is 1. The van der Waals surface area contributed by atoms with Gasteiger partial charge in [-0.2, -0.15) is 29.1 Å². The molecule has 0 saturated carbocycles. The summed E-state index contributed by atoms with van der Waals surface area (Å²) in [5.41, 5.74) is 9.20. The summed E-state index contributed by atoms with van der Waals surface area (Å²) < 4.78 is 62.2. The fraction of sp³-hybridized carbons (Fsp3) is 0.345. The lowest BCUT2D eigenvalue weighted by Crippen LogP contribution is -2.31. The molecule has 0 amide bonds. The molecule has 9 rings (SSSR count). The van der Waals surface area contributed by atoms with Gasteiger partial charge in [0, 0.05) is 35.5 Å². The van der Waals surface area contributed by atoms with E-state index < -0.39 is 27.7 Å². The van der Waals surface area contributed by atoms with Crippen molar-refractivity contribution < 1.29 is 36.4 Å². The zero-order valence-corrected chi connectivity index (χ0v) is 44.5. The average molecular weight is 1100 g/mol. The summed E-state index contributed by atoms with van der Waals surface area (Å²) in [4.78, 5) is 44.4. The standard InChI is InChI=1S/C24H26FN7O.C20H21FN6O2.C7H8O3S.C3H6N2.CH4/c1-16(12-26)11-22(33)17-3-5-18(6-4-17)23-21(25)14-27-24(30-23)29-19-13-28-32(15-19)20-7-9-31(2)10-8-20;1-26-8-6-16(7-9-26)27-12-15(10-23-27)24-20-22-11-17(21)18(25-20)13-2-4-14(5-3-13)19(28)29;1-6-2-4-7(5-3-6)11(8,9)10;1-3(5)2-4;/h3-6,13-16,20H,7-11H2,1-2H3,(H,27,29,30);2-5,10-12,16H,6-9H2,1H3,(H,28,29)(H,22,24,25);2-5H,1H3,(H,8,9,10);3H,5H2,1H3;1H4/t16-;;;3-;/m0..1./s1. The average Bonchev–Trinajstić information content (AvgIpc) is 4.15. The number of hydrogen-bond donors (Lipinski definition) is 5. The predicted octanol–water partition coefficient (Wildman–Crippen LogP) is 9.14. The number of carboxylic acid groups (broad SMARTS) is 1. The normalized spacial score (nSPS) is 14.6. The summed E-state index contributed by atoms with van der Waals surface area (Å²) in [6, 6.07) is 22.7. The molecule has 0 aliphatic carbocycles. The van der Waals surface area contributed by atoms with Crippen molar-refractivity contribution in [2.45, 2.75) is 83.3 Å². The van der Waals surface area contributed by atoms with E-state index in [0.29, 0.717) is 28.8 Å². The molecular weight excluding hydrogens is 1040 g/mol. The highest BCUT2D eigenvalue weighted by molar-refractivity contribution is 7.85. The fourth-order valence-corrected chi connectivity index (χ4v) is 8.46. The van der Waals surface area contributed by atoms with Crippen LogP contribution in [0.2, 0.25) is 0 Å². The summed E-state index contributed by atoms with van der Waals surface area (Å²) in [5.74, 6) is -2.15. The van der Waals surface area contributed by atoms with Crippen molar-refractivity contribution in [2.75, 3.05) is 50.9 Å². The number of aromatic carboxylic acids is 1. The van der Waals surface area contributed by atoms with E-state index in [1.165, 1.54) is 36.4 Å². The van der Waals surface area contributed by atoms with Crippen LogP contribution in [0.25, 0.3) is 22.5 Å². The Bertz CT molecular complexity index is 3310. The monoisotopic (exact) mass is 1100 g/mol. The largest absolute Gasteiger partial charge is 0.478 e. The molecule has 416 valence electrons. The number of ketones is 1. The van der Waals surface area contributed by atoms with Crippen LogP contribution in [0.3, 0.4) is 0 Å². The van der Waals surface area contributed by atoms with E-state index in [9.17, 15) is 26.8 Å². The minimum Gasteiger partial charge on any atom is -0.478 e. The van der Waals surface area contributed by atoms with Crippen molar-refractivity contribution >= 4 is 45.1 Å². The molecule has 6 N–H and O–H groups in total. The Morgan fingerprint density at radius 3 is 1.48 bits per heavy atom. The second-order valence-electron chi connectivity index (χ2n) is 18.8. The first kappa shape index (κ1) is 61.5. The van der Waals surface area contributed by atoms with E-state index in [-0.39, 0.29) is 65.3 Å². The molecule has 2 aliphatic heterocycles. The van der Waals surface area contributed by atoms with Crippen molar-refractivity contribution in [1.29, 1.82) is 10.5 Å². The minimum atomic E-state index is -4.02. The quantitative estimate of drug-likeness (QED) is 0.0531. The van der Waals surface area contributed by atoms with Gasteiger partial charge in [-0.25, -0.2) is 33.5 Å². The third-order valence-corrected chi connectivity index (χ3v) is 13.3. The molecule has 21 nitrogen and oxygen atoms in total. The summed E-state index contributed by atoms with van der Waals surface area (Å²) >= 11 is 0. The lowest BCUT2D eigenvalue weighted by molar-refractivity contribution is 0.0696. The topological polar surface area (TPSA) is 300 Å². The number of hydrogen-bond acceptors (Lipinski definition) is 17. The second-order valence-corrected chi connectivity index (χ2v) is 20.3. The molecule has 0 spiro atoms. The first-order valence-corrected chi connectivity index (χ1v) is 26.2. The van der Waals surface area contributed by atoms with E-state index in [2.05, 4.69) is 70.7 Å². The number of halogens is 2. The first-order chi connectivity index (χ1) is 37.2. The summed E-state index contributed by atoms with van der Waals surface area (Å²) in [5, 5.41) is 40.7. The van der Waals surface area contributed by atoms with Crippen LogP contribution >= 0.6 is 0 Å². The number of nitrogens with two attached hydrogens (primary N) is 1. The molecule has 7 aromatic rings. The Kier molecular flexibility index (Phi) is 22.4. The molecule has 0 bridgehead atoms. The lowest BCUT2D eigenvalue weighted by Gasteiger charge is -2.28. The number of carboxylic acids is 1. The number of likely N-dealkylation sites (tertiary alicyclic amines) is 2. The molecule has 4 aromatic heterocycles. The van der Waals surface area contributed by atoms with Gasteiger partial charge in [-0.05, 0) is 111 Å². The van der Waals surface area contributed by atoms with Crippen molar-refractivity contribution in [1.82, 2.24) is 49.3 Å². The van der Waals surface area contributed by atoms with Crippen LogP contribution in [-0.4, -0.2) is 125 Å². The van der Waals surface area contributed by atoms with Crippen LogP contribution in [-0.2, 0) is 10.1 Å². The lowest BCUT2D eigenvalue weighted by atomic mass is 9.99. The number of anilines is 4. The number of nitrogens with one attached hydrogen (secondary N) is 2. The van der Waals surface area contributed by atoms with Crippen molar-refractivity contribution in [3.8, 4) is 34.7 Å². The van der Waals surface area contributed by atoms with Gasteiger partial charge < -0.3 is 31.3 Å². The highest BCUT2D eigenvalue weighted by Crippen LogP contribution is 2.28. The molecule has 2 atom stereocenters. The number of Topliss-reactive ketones (excluding diaryl/α,β-unsaturated/α-hetero) is 1. The van der Waals surface area contributed by atoms with E-state index in [1.54, 1.807) is 68.7 Å². The van der Waals surface area contributed by atoms with Crippen LogP contribution in [0.4, 0.5) is 32.1 Å². The Morgan fingerprint density at radius 1 is 0.709 bits per heavy atom. The first-order valence-electron chi connectivity index (χ1n) is 24.8. The summed E-state index contributed by atoms with van der Waals surface area (Å²) in [6.45, 7) is 9.35. The van der Waals surface area contributed by atoms with Gasteiger partial charge in [0.2, 0.25) is 11.9 Å². The molecule has 6 heterocycles. The van der Waals surface area contributed by atoms with Gasteiger partial charge in [-0.15, -0.1) is 0 Å². The van der Waals surface area contributed by atoms with E-state index in [0.717, 1.165) is 81.2 Å². The number of nitrogens with zero attached hydrogens (tertiary/aromatic N) is 12. The third kappa shape index (κ3) is 18.4. The Labute approximate surface area is 458 Å². The van der Waals surface area contributed by atoms with Crippen LogP contribution in [0.5, 0.6) is 0 Å². The second kappa shape index (κ2) is 28.8. The van der Waals surface area contributed by atoms with Gasteiger partial charge in [-0.1, -0.05) is 61.5 Å². The molecule has 2 saturated heterocycles. The molecule has 0 radical (unpaired) electrons. The van der Waals surface area contributed by atoms with E-state index in [4.69, 9.17) is 25.9 Å². The molecule has 3 aromatic carbocycles. The van der Waals surface area contributed by atoms with Crippen molar-refractivity contribution in [3.05, 3.63) is 138 Å². The summed E-state index contributed by atoms with van der Waals surface area (Å²) in [6.07, 6.45) is 13.8. The van der Waals surface area contributed by atoms with Crippen LogP contribution in [0.1, 0.15) is 91.7 Å². The summed E-state index contributed by atoms with van der Waals surface area (Å²) in [7, 11) is 0.218. The van der Waals surface area contributed by atoms with Crippen LogP contribution in [0, 0.1) is 47.1 Å². The maximum absolute atomic E-state index is 14.5. The van der Waals surface area contributed by atoms with E-state index in [1.807, 2.05) is 28.7 Å². The molecule has 2 fully saturated rings. The van der Waals surface area contributed by atoms with Crippen LogP contribution < -0.4 is 16.4 Å². The maximum Gasteiger partial charge on any atom is 0.335 e. The molecule has 2 aliphatic rings. The number of nitriles is 2. The number of aromatic nitrogens is 8. The maximum atomic E-state index is 14.5. The Balaban J connectivity index is 0.000000227. The van der Waals surface area contributed by atoms with E-state index >= 15 is 0 Å². The third-order valence-electron chi connectivity index (χ3n) is 12.4. The Morgan fingerprint density at radius 2 is 1.11 bits per heavy atom. The van der Waals surface area contributed by atoms with Crippen molar-refractivity contribution in [2.24, 2.45) is 11.7 Å². The molecule has 24 heteroatoms. The number of rotatable bonds is 13. The number of benzene rings is 3. The van der Waals surface area contributed by atoms with Crippen LogP contribution in [0.15, 0.2) is 115 Å².